The number of carbonyl (C=O) groups is 1. The molecular formula is C13H19N3O2. The van der Waals surface area contributed by atoms with E-state index in [9.17, 15) is 9.90 Å². The molecule has 0 aliphatic carbocycles. The number of aromatic nitrogens is 1. The van der Waals surface area contributed by atoms with Crippen molar-refractivity contribution in [3.8, 4) is 0 Å². The fraction of sp³-hybridized carbons (Fsp3) is 0.538. The van der Waals surface area contributed by atoms with E-state index in [2.05, 4.69) is 9.88 Å². The first-order valence-corrected chi connectivity index (χ1v) is 6.22. The number of amides is 1. The van der Waals surface area contributed by atoms with Crippen molar-refractivity contribution in [1.82, 2.24) is 9.88 Å². The molecule has 0 radical (unpaired) electrons. The number of nitrogens with zero attached hydrogens (tertiary/aromatic N) is 3. The molecule has 1 aliphatic heterocycles. The Balaban J connectivity index is 1.99. The van der Waals surface area contributed by atoms with Gasteiger partial charge in [-0.15, -0.1) is 0 Å². The fourth-order valence-corrected chi connectivity index (χ4v) is 2.08. The lowest BCUT2D eigenvalue weighted by Gasteiger charge is -2.34. The van der Waals surface area contributed by atoms with Gasteiger partial charge >= 0.3 is 0 Å². The summed E-state index contributed by atoms with van der Waals surface area (Å²) < 4.78 is 0. The molecule has 18 heavy (non-hydrogen) atoms. The Kier molecular flexibility index (Phi) is 3.81. The van der Waals surface area contributed by atoms with Crippen LogP contribution in [0.5, 0.6) is 0 Å². The molecule has 2 rings (SSSR count). The van der Waals surface area contributed by atoms with Gasteiger partial charge in [0.1, 0.15) is 5.82 Å². The minimum atomic E-state index is -0.485. The second-order valence-corrected chi connectivity index (χ2v) is 4.62. The molecule has 1 amide bonds. The van der Waals surface area contributed by atoms with Crippen LogP contribution in [0.15, 0.2) is 18.3 Å². The molecule has 0 spiro atoms. The van der Waals surface area contributed by atoms with Gasteiger partial charge in [0.05, 0.1) is 6.10 Å². The van der Waals surface area contributed by atoms with E-state index < -0.39 is 6.10 Å². The molecule has 0 saturated carbocycles. The molecule has 1 atom stereocenters. The third-order valence-electron chi connectivity index (χ3n) is 3.30. The highest BCUT2D eigenvalue weighted by atomic mass is 16.3. The van der Waals surface area contributed by atoms with E-state index in [0.717, 1.165) is 37.6 Å². The van der Waals surface area contributed by atoms with Crippen molar-refractivity contribution in [2.75, 3.05) is 31.1 Å². The Morgan fingerprint density at radius 3 is 2.44 bits per heavy atom. The van der Waals surface area contributed by atoms with Gasteiger partial charge in [0.2, 0.25) is 5.91 Å². The first-order chi connectivity index (χ1) is 8.58. The Morgan fingerprint density at radius 1 is 1.33 bits per heavy atom. The van der Waals surface area contributed by atoms with Crippen LogP contribution >= 0.6 is 0 Å². The third kappa shape index (κ3) is 2.79. The van der Waals surface area contributed by atoms with Crippen LogP contribution in [-0.4, -0.2) is 47.1 Å². The number of aliphatic hydroxyl groups is 1. The van der Waals surface area contributed by atoms with E-state index in [1.807, 2.05) is 17.0 Å². The van der Waals surface area contributed by atoms with Gasteiger partial charge in [-0.25, -0.2) is 4.98 Å². The number of carbonyl (C=O) groups excluding carboxylic acids is 1. The Hall–Kier alpha value is -1.62. The zero-order chi connectivity index (χ0) is 13.1. The molecule has 2 heterocycles. The molecular weight excluding hydrogens is 230 g/mol. The average molecular weight is 249 g/mol. The van der Waals surface area contributed by atoms with E-state index >= 15 is 0 Å². The molecule has 1 aromatic rings. The smallest absolute Gasteiger partial charge is 0.219 e. The van der Waals surface area contributed by atoms with Gasteiger partial charge in [0.25, 0.3) is 0 Å². The van der Waals surface area contributed by atoms with Crippen LogP contribution < -0.4 is 4.90 Å². The maximum absolute atomic E-state index is 11.2. The standard InChI is InChI=1S/C13H19N3O2/c1-10(17)12-3-4-13(14-9-12)16-7-5-15(6-8-16)11(2)18/h3-4,9-10,17H,5-8H2,1-2H3. The first-order valence-electron chi connectivity index (χ1n) is 6.22. The largest absolute Gasteiger partial charge is 0.389 e. The summed E-state index contributed by atoms with van der Waals surface area (Å²) >= 11 is 0. The van der Waals surface area contributed by atoms with Gasteiger partial charge in [0.15, 0.2) is 0 Å². The van der Waals surface area contributed by atoms with E-state index in [0.29, 0.717) is 0 Å². The molecule has 0 bridgehead atoms. The van der Waals surface area contributed by atoms with Crippen LogP contribution in [0.1, 0.15) is 25.5 Å². The highest BCUT2D eigenvalue weighted by molar-refractivity contribution is 5.73. The molecule has 1 aromatic heterocycles. The van der Waals surface area contributed by atoms with Gasteiger partial charge in [-0.2, -0.15) is 0 Å². The molecule has 1 saturated heterocycles. The van der Waals surface area contributed by atoms with Gasteiger partial charge < -0.3 is 14.9 Å². The Bertz CT molecular complexity index is 409. The van der Waals surface area contributed by atoms with Crippen molar-refractivity contribution in [2.24, 2.45) is 0 Å². The van der Waals surface area contributed by atoms with Gasteiger partial charge in [-0.1, -0.05) is 6.07 Å². The summed E-state index contributed by atoms with van der Waals surface area (Å²) in [6, 6.07) is 3.82. The summed E-state index contributed by atoms with van der Waals surface area (Å²) in [6.07, 6.45) is 1.22. The number of hydrogen-bond acceptors (Lipinski definition) is 4. The zero-order valence-corrected chi connectivity index (χ0v) is 10.8. The van der Waals surface area contributed by atoms with Crippen molar-refractivity contribution in [3.05, 3.63) is 23.9 Å². The lowest BCUT2D eigenvalue weighted by Crippen LogP contribution is -2.48. The summed E-state index contributed by atoms with van der Waals surface area (Å²) in [7, 11) is 0. The van der Waals surface area contributed by atoms with Gasteiger partial charge in [0, 0.05) is 39.3 Å². The molecule has 1 N–H and O–H groups in total. The molecule has 5 nitrogen and oxygen atoms in total. The Labute approximate surface area is 107 Å². The normalized spacial score (nSPS) is 17.7. The zero-order valence-electron chi connectivity index (χ0n) is 10.8. The molecule has 5 heteroatoms. The molecule has 98 valence electrons. The highest BCUT2D eigenvalue weighted by Gasteiger charge is 2.19. The lowest BCUT2D eigenvalue weighted by atomic mass is 10.2. The minimum absolute atomic E-state index is 0.132. The quantitative estimate of drug-likeness (QED) is 0.842. The van der Waals surface area contributed by atoms with Gasteiger partial charge in [-0.05, 0) is 18.6 Å². The van der Waals surface area contributed by atoms with Gasteiger partial charge in [-0.3, -0.25) is 4.79 Å². The van der Waals surface area contributed by atoms with Crippen molar-refractivity contribution in [2.45, 2.75) is 20.0 Å². The van der Waals surface area contributed by atoms with E-state index in [1.165, 1.54) is 0 Å². The maximum atomic E-state index is 11.2. The lowest BCUT2D eigenvalue weighted by molar-refractivity contribution is -0.129. The van der Waals surface area contributed by atoms with Crippen molar-refractivity contribution in [3.63, 3.8) is 0 Å². The van der Waals surface area contributed by atoms with E-state index in [-0.39, 0.29) is 5.91 Å². The molecule has 1 unspecified atom stereocenters. The first kappa shape index (κ1) is 12.8. The number of rotatable bonds is 2. The van der Waals surface area contributed by atoms with Crippen LogP contribution in [0.3, 0.4) is 0 Å². The van der Waals surface area contributed by atoms with Crippen LogP contribution in [-0.2, 0) is 4.79 Å². The predicted octanol–water partition coefficient (Wildman–Crippen LogP) is 0.803. The third-order valence-corrected chi connectivity index (χ3v) is 3.30. The maximum Gasteiger partial charge on any atom is 0.219 e. The van der Waals surface area contributed by atoms with Crippen LogP contribution in [0, 0.1) is 0 Å². The molecule has 0 aromatic carbocycles. The minimum Gasteiger partial charge on any atom is -0.389 e. The number of anilines is 1. The van der Waals surface area contributed by atoms with E-state index in [1.54, 1.807) is 20.0 Å². The summed E-state index contributed by atoms with van der Waals surface area (Å²) in [5, 5.41) is 9.42. The van der Waals surface area contributed by atoms with Crippen molar-refractivity contribution < 1.29 is 9.90 Å². The SMILES string of the molecule is CC(=O)N1CCN(c2ccc(C(C)O)cn2)CC1. The predicted molar refractivity (Wildman–Crippen MR) is 69.3 cm³/mol. The fourth-order valence-electron chi connectivity index (χ4n) is 2.08. The second-order valence-electron chi connectivity index (χ2n) is 4.62. The van der Waals surface area contributed by atoms with Crippen LogP contribution in [0.25, 0.3) is 0 Å². The summed E-state index contributed by atoms with van der Waals surface area (Å²) in [6.45, 7) is 6.43. The second kappa shape index (κ2) is 5.35. The number of piperazine rings is 1. The number of pyridine rings is 1. The monoisotopic (exact) mass is 249 g/mol. The van der Waals surface area contributed by atoms with Crippen LogP contribution in [0.4, 0.5) is 5.82 Å². The highest BCUT2D eigenvalue weighted by Crippen LogP contribution is 2.17. The van der Waals surface area contributed by atoms with Crippen molar-refractivity contribution in [1.29, 1.82) is 0 Å². The summed E-state index contributed by atoms with van der Waals surface area (Å²) in [5.41, 5.74) is 0.820. The summed E-state index contributed by atoms with van der Waals surface area (Å²) in [4.78, 5) is 19.6. The Morgan fingerprint density at radius 2 is 2.00 bits per heavy atom. The summed E-state index contributed by atoms with van der Waals surface area (Å²) in [5.74, 6) is 1.04. The number of aliphatic hydroxyl groups excluding tert-OH is 1. The molecule has 1 aliphatic rings. The van der Waals surface area contributed by atoms with E-state index in [4.69, 9.17) is 0 Å². The topological polar surface area (TPSA) is 56.7 Å². The number of hydrogen-bond donors (Lipinski definition) is 1. The average Bonchev–Trinajstić information content (AvgIpc) is 2.39. The van der Waals surface area contributed by atoms with Crippen molar-refractivity contribution >= 4 is 11.7 Å². The molecule has 1 fully saturated rings. The van der Waals surface area contributed by atoms with Crippen LogP contribution in [0.2, 0.25) is 0 Å².